The molecule has 0 spiro atoms. The number of hydrogen-bond acceptors (Lipinski definition) is 5. The Bertz CT molecular complexity index is 852. The van der Waals surface area contributed by atoms with Crippen molar-refractivity contribution in [1.82, 2.24) is 9.80 Å². The summed E-state index contributed by atoms with van der Waals surface area (Å²) < 4.78 is 12.0. The van der Waals surface area contributed by atoms with E-state index in [1.54, 1.807) is 15.9 Å². The molecular weight excluding hydrogens is 338 g/mol. The Balaban J connectivity index is 1.71. The van der Waals surface area contributed by atoms with Crippen molar-refractivity contribution >= 4 is 23.4 Å². The first kappa shape index (κ1) is 15.5. The van der Waals surface area contributed by atoms with Crippen molar-refractivity contribution in [1.29, 1.82) is 0 Å². The first-order chi connectivity index (χ1) is 12.5. The van der Waals surface area contributed by atoms with Crippen LogP contribution in [0.3, 0.4) is 0 Å². The van der Waals surface area contributed by atoms with Crippen molar-refractivity contribution < 1.29 is 23.9 Å². The summed E-state index contributed by atoms with van der Waals surface area (Å²) >= 11 is 0. The van der Waals surface area contributed by atoms with Gasteiger partial charge >= 0.3 is 0 Å². The lowest BCUT2D eigenvalue weighted by molar-refractivity contribution is -0.114. The van der Waals surface area contributed by atoms with E-state index in [-0.39, 0.29) is 47.2 Å². The summed E-state index contributed by atoms with van der Waals surface area (Å²) in [4.78, 5) is 41.1. The number of carbonyl (C=O) groups is 3. The molecule has 2 fully saturated rings. The Morgan fingerprint density at radius 3 is 2.42 bits per heavy atom. The second-order valence-electron chi connectivity index (χ2n) is 7.11. The molecule has 1 aromatic rings. The standard InChI is InChI=1S/C18H19N3O5/c1-9(22)19-15-14-11(25-12-4-2-7-21(12)18(14)24)8-10-16(15)26-13-5-3-6-20(13)17(10)23/h8,12-13H,2-7H2,1H3,(H,19,22). The van der Waals surface area contributed by atoms with Gasteiger partial charge in [-0.3, -0.25) is 14.4 Å². The average molecular weight is 357 g/mol. The summed E-state index contributed by atoms with van der Waals surface area (Å²) in [7, 11) is 0. The number of rotatable bonds is 1. The molecule has 0 radical (unpaired) electrons. The van der Waals surface area contributed by atoms with Gasteiger partial charge in [0.05, 0.1) is 5.56 Å². The molecular formula is C18H19N3O5. The van der Waals surface area contributed by atoms with Crippen LogP contribution in [0.1, 0.15) is 53.3 Å². The number of anilines is 1. The summed E-state index contributed by atoms with van der Waals surface area (Å²) in [6, 6.07) is 1.60. The summed E-state index contributed by atoms with van der Waals surface area (Å²) in [5.74, 6) is -0.0444. The van der Waals surface area contributed by atoms with E-state index in [9.17, 15) is 14.4 Å². The van der Waals surface area contributed by atoms with E-state index >= 15 is 0 Å². The zero-order valence-corrected chi connectivity index (χ0v) is 14.4. The Hall–Kier alpha value is -2.77. The van der Waals surface area contributed by atoms with Gasteiger partial charge in [-0.05, 0) is 18.9 Å². The minimum absolute atomic E-state index is 0.145. The smallest absolute Gasteiger partial charge is 0.262 e. The van der Waals surface area contributed by atoms with Gasteiger partial charge < -0.3 is 24.6 Å². The van der Waals surface area contributed by atoms with Crippen LogP contribution in [0.15, 0.2) is 6.07 Å². The molecule has 0 aromatic heterocycles. The van der Waals surface area contributed by atoms with Gasteiger partial charge in [-0.1, -0.05) is 0 Å². The van der Waals surface area contributed by atoms with Crippen LogP contribution in [-0.4, -0.2) is 53.1 Å². The SMILES string of the molecule is CC(=O)Nc1c2c(cc3c1C(=O)N1CCCC1O3)C(=O)N1CCCC1O2. The van der Waals surface area contributed by atoms with E-state index < -0.39 is 0 Å². The van der Waals surface area contributed by atoms with Crippen LogP contribution in [0.5, 0.6) is 11.5 Å². The van der Waals surface area contributed by atoms with Gasteiger partial charge in [0, 0.05) is 32.9 Å². The molecule has 1 aromatic carbocycles. The highest BCUT2D eigenvalue weighted by Gasteiger charge is 2.44. The number of fused-ring (bicyclic) bond motifs is 4. The monoisotopic (exact) mass is 357 g/mol. The number of hydrogen-bond donors (Lipinski definition) is 1. The second kappa shape index (κ2) is 5.36. The Labute approximate surface area is 150 Å². The van der Waals surface area contributed by atoms with Crippen LogP contribution in [0.25, 0.3) is 0 Å². The second-order valence-corrected chi connectivity index (χ2v) is 7.11. The molecule has 3 amide bonds. The van der Waals surface area contributed by atoms with Gasteiger partial charge in [0.15, 0.2) is 18.2 Å². The summed E-state index contributed by atoms with van der Waals surface area (Å²) in [5, 5.41) is 2.71. The van der Waals surface area contributed by atoms with Crippen molar-refractivity contribution in [3.63, 3.8) is 0 Å². The molecule has 0 saturated carbocycles. The van der Waals surface area contributed by atoms with Gasteiger partial charge in [0.25, 0.3) is 11.8 Å². The quantitative estimate of drug-likeness (QED) is 0.824. The maximum atomic E-state index is 13.0. The van der Waals surface area contributed by atoms with Gasteiger partial charge in [-0.25, -0.2) is 0 Å². The summed E-state index contributed by atoms with van der Waals surface area (Å²) in [6.07, 6.45) is 2.57. The third kappa shape index (κ3) is 2.04. The highest BCUT2D eigenvalue weighted by Crippen LogP contribution is 2.47. The summed E-state index contributed by atoms with van der Waals surface area (Å²) in [6.45, 7) is 2.63. The molecule has 1 N–H and O–H groups in total. The predicted molar refractivity (Wildman–Crippen MR) is 90.1 cm³/mol. The van der Waals surface area contributed by atoms with Gasteiger partial charge in [0.2, 0.25) is 5.91 Å². The lowest BCUT2D eigenvalue weighted by Gasteiger charge is -2.37. The molecule has 0 bridgehead atoms. The number of nitrogens with one attached hydrogen (secondary N) is 1. The van der Waals surface area contributed by atoms with Crippen molar-refractivity contribution in [2.75, 3.05) is 18.4 Å². The zero-order valence-electron chi connectivity index (χ0n) is 14.4. The van der Waals surface area contributed by atoms with Crippen LogP contribution < -0.4 is 14.8 Å². The molecule has 4 heterocycles. The molecule has 26 heavy (non-hydrogen) atoms. The zero-order chi connectivity index (χ0) is 18.0. The van der Waals surface area contributed by atoms with Crippen molar-refractivity contribution in [2.45, 2.75) is 45.1 Å². The average Bonchev–Trinajstić information content (AvgIpc) is 3.24. The van der Waals surface area contributed by atoms with Crippen LogP contribution in [-0.2, 0) is 4.79 Å². The minimum Gasteiger partial charge on any atom is -0.469 e. The molecule has 4 aliphatic rings. The maximum Gasteiger partial charge on any atom is 0.262 e. The van der Waals surface area contributed by atoms with Crippen LogP contribution in [0.4, 0.5) is 5.69 Å². The topological polar surface area (TPSA) is 88.2 Å². The van der Waals surface area contributed by atoms with Crippen molar-refractivity contribution in [3.05, 3.63) is 17.2 Å². The fourth-order valence-electron chi connectivity index (χ4n) is 4.28. The maximum absolute atomic E-state index is 13.0. The fourth-order valence-corrected chi connectivity index (χ4v) is 4.28. The minimum atomic E-state index is -0.347. The van der Waals surface area contributed by atoms with E-state index in [0.717, 1.165) is 25.7 Å². The number of amides is 3. The predicted octanol–water partition coefficient (Wildman–Crippen LogP) is 1.55. The Kier molecular flexibility index (Phi) is 3.19. The fraction of sp³-hybridized carbons (Fsp3) is 0.500. The van der Waals surface area contributed by atoms with E-state index in [1.165, 1.54) is 6.92 Å². The normalized spacial score (nSPS) is 25.7. The lowest BCUT2D eigenvalue weighted by Crippen LogP contribution is -2.46. The van der Waals surface area contributed by atoms with E-state index in [0.29, 0.717) is 24.4 Å². The highest BCUT2D eigenvalue weighted by molar-refractivity contribution is 6.12. The van der Waals surface area contributed by atoms with E-state index in [4.69, 9.17) is 9.47 Å². The largest absolute Gasteiger partial charge is 0.469 e. The van der Waals surface area contributed by atoms with Gasteiger partial charge in [-0.15, -0.1) is 0 Å². The van der Waals surface area contributed by atoms with E-state index in [2.05, 4.69) is 5.32 Å². The molecule has 8 nitrogen and oxygen atoms in total. The summed E-state index contributed by atoms with van der Waals surface area (Å²) in [5.41, 5.74) is 0.862. The first-order valence-corrected chi connectivity index (χ1v) is 8.98. The molecule has 136 valence electrons. The highest BCUT2D eigenvalue weighted by atomic mass is 16.5. The molecule has 8 heteroatoms. The third-order valence-corrected chi connectivity index (χ3v) is 5.42. The van der Waals surface area contributed by atoms with Crippen LogP contribution in [0, 0.1) is 0 Å². The number of benzene rings is 1. The Morgan fingerprint density at radius 2 is 1.73 bits per heavy atom. The molecule has 2 saturated heterocycles. The molecule has 5 rings (SSSR count). The molecule has 4 aliphatic heterocycles. The van der Waals surface area contributed by atoms with Crippen molar-refractivity contribution in [3.8, 4) is 11.5 Å². The first-order valence-electron chi connectivity index (χ1n) is 8.98. The number of nitrogens with zero attached hydrogens (tertiary/aromatic N) is 2. The molecule has 2 unspecified atom stereocenters. The third-order valence-electron chi connectivity index (χ3n) is 5.42. The number of carbonyl (C=O) groups excluding carboxylic acids is 3. The van der Waals surface area contributed by atoms with E-state index in [1.807, 2.05) is 0 Å². The number of ether oxygens (including phenoxy) is 2. The van der Waals surface area contributed by atoms with Crippen LogP contribution in [0.2, 0.25) is 0 Å². The van der Waals surface area contributed by atoms with Gasteiger partial charge in [0.1, 0.15) is 17.0 Å². The van der Waals surface area contributed by atoms with Crippen LogP contribution >= 0.6 is 0 Å². The lowest BCUT2D eigenvalue weighted by atomic mass is 10.0. The van der Waals surface area contributed by atoms with Crippen molar-refractivity contribution in [2.24, 2.45) is 0 Å². The van der Waals surface area contributed by atoms with Gasteiger partial charge in [-0.2, -0.15) is 0 Å². The molecule has 0 aliphatic carbocycles. The molecule has 2 atom stereocenters. The Morgan fingerprint density at radius 1 is 1.08 bits per heavy atom.